The van der Waals surface area contributed by atoms with E-state index in [2.05, 4.69) is 10.4 Å². The van der Waals surface area contributed by atoms with Crippen LogP contribution in [0.2, 0.25) is 0 Å². The number of nitrogen functional groups attached to an aromatic ring is 1. The quantitative estimate of drug-likeness (QED) is 0.738. The molecule has 1 aromatic carbocycles. The molecule has 2 aliphatic carbocycles. The maximum atomic E-state index is 13.0. The van der Waals surface area contributed by atoms with Gasteiger partial charge in [-0.15, -0.1) is 0 Å². The van der Waals surface area contributed by atoms with Gasteiger partial charge in [0.05, 0.1) is 17.6 Å². The van der Waals surface area contributed by atoms with Gasteiger partial charge in [0.25, 0.3) is 11.5 Å². The minimum atomic E-state index is -4.54. The van der Waals surface area contributed by atoms with Crippen molar-refractivity contribution in [2.75, 3.05) is 5.73 Å². The predicted octanol–water partition coefficient (Wildman–Crippen LogP) is 3.70. The molecule has 9 heteroatoms. The fourth-order valence-corrected chi connectivity index (χ4v) is 4.74. The van der Waals surface area contributed by atoms with Crippen molar-refractivity contribution in [1.82, 2.24) is 15.1 Å². The predicted molar refractivity (Wildman–Crippen MR) is 105 cm³/mol. The van der Waals surface area contributed by atoms with Crippen LogP contribution in [0.25, 0.3) is 0 Å². The largest absolute Gasteiger partial charge is 0.416 e. The topological polar surface area (TPSA) is 90.0 Å². The molecule has 0 aliphatic heterocycles. The number of alkyl halides is 3. The van der Waals surface area contributed by atoms with Crippen LogP contribution in [0, 0.1) is 11.8 Å². The van der Waals surface area contributed by atoms with E-state index >= 15 is 0 Å². The van der Waals surface area contributed by atoms with Gasteiger partial charge in [-0.05, 0) is 67.9 Å². The molecule has 6 nitrogen and oxygen atoms in total. The SMILES string of the molecule is C[C@@H](NC(=O)c1ccc(=O)n(C2C[C@@H]3CC[C@H]2C3)n1)c1cc(N)cc(C(F)(F)F)c1. The zero-order chi connectivity index (χ0) is 21.6. The fourth-order valence-electron chi connectivity index (χ4n) is 4.74. The Labute approximate surface area is 171 Å². The van der Waals surface area contributed by atoms with Crippen molar-refractivity contribution in [3.63, 3.8) is 0 Å². The van der Waals surface area contributed by atoms with Crippen LogP contribution in [-0.4, -0.2) is 15.7 Å². The number of rotatable bonds is 4. The van der Waals surface area contributed by atoms with Gasteiger partial charge in [-0.1, -0.05) is 6.42 Å². The van der Waals surface area contributed by atoms with Crippen molar-refractivity contribution in [2.45, 2.75) is 50.9 Å². The number of nitrogens with zero attached hydrogens (tertiary/aromatic N) is 2. The molecule has 0 saturated heterocycles. The minimum Gasteiger partial charge on any atom is -0.399 e. The third kappa shape index (κ3) is 3.93. The molecule has 1 unspecified atom stereocenters. The van der Waals surface area contributed by atoms with Gasteiger partial charge in [-0.2, -0.15) is 18.3 Å². The number of hydrogen-bond donors (Lipinski definition) is 2. The van der Waals surface area contributed by atoms with Gasteiger partial charge < -0.3 is 11.1 Å². The zero-order valence-electron chi connectivity index (χ0n) is 16.4. The second-order valence-electron chi connectivity index (χ2n) is 8.32. The molecular weight excluding hydrogens is 397 g/mol. The Kier molecular flexibility index (Phi) is 5.07. The molecule has 1 amide bonds. The van der Waals surface area contributed by atoms with E-state index in [4.69, 9.17) is 5.73 Å². The first-order chi connectivity index (χ1) is 14.1. The van der Waals surface area contributed by atoms with Gasteiger partial charge in [0.2, 0.25) is 0 Å². The standard InChI is InChI=1S/C21H23F3N4O2/c1-11(14-8-15(21(22,23)24)10-16(25)9-14)26-20(30)17-4-5-19(29)28(27-17)18-7-12-2-3-13(18)6-12/h4-5,8-13,18H,2-3,6-7,25H2,1H3,(H,26,30)/t11-,12-,13+,18?/m1/s1. The van der Waals surface area contributed by atoms with Crippen molar-refractivity contribution >= 4 is 11.6 Å². The normalized spacial score (nSPS) is 24.1. The average molecular weight is 420 g/mol. The lowest BCUT2D eigenvalue weighted by molar-refractivity contribution is -0.137. The second-order valence-corrected chi connectivity index (χ2v) is 8.32. The third-order valence-corrected chi connectivity index (χ3v) is 6.23. The van der Waals surface area contributed by atoms with Crippen LogP contribution in [0.4, 0.5) is 18.9 Å². The summed E-state index contributed by atoms with van der Waals surface area (Å²) >= 11 is 0. The molecule has 3 N–H and O–H groups in total. The van der Waals surface area contributed by atoms with Crippen LogP contribution < -0.4 is 16.6 Å². The van der Waals surface area contributed by atoms with Crippen LogP contribution >= 0.6 is 0 Å². The minimum absolute atomic E-state index is 0.00434. The molecule has 1 aromatic heterocycles. The van der Waals surface area contributed by atoms with E-state index in [-0.39, 0.29) is 28.5 Å². The Morgan fingerprint density at radius 3 is 2.63 bits per heavy atom. The summed E-state index contributed by atoms with van der Waals surface area (Å²) in [5, 5.41) is 6.93. The Morgan fingerprint density at radius 2 is 2.00 bits per heavy atom. The highest BCUT2D eigenvalue weighted by atomic mass is 19.4. The first-order valence-corrected chi connectivity index (χ1v) is 10.00. The van der Waals surface area contributed by atoms with Gasteiger partial charge in [-0.3, -0.25) is 9.59 Å². The molecule has 2 fully saturated rings. The van der Waals surface area contributed by atoms with Crippen LogP contribution in [-0.2, 0) is 6.18 Å². The molecule has 2 aliphatic rings. The van der Waals surface area contributed by atoms with Crippen molar-refractivity contribution < 1.29 is 18.0 Å². The monoisotopic (exact) mass is 420 g/mol. The molecular formula is C21H23F3N4O2. The smallest absolute Gasteiger partial charge is 0.399 e. The average Bonchev–Trinajstić information content (AvgIpc) is 3.30. The highest BCUT2D eigenvalue weighted by Gasteiger charge is 2.41. The van der Waals surface area contributed by atoms with Crippen LogP contribution in [0.5, 0.6) is 0 Å². The molecule has 0 spiro atoms. The number of aromatic nitrogens is 2. The Hall–Kier alpha value is -2.84. The summed E-state index contributed by atoms with van der Waals surface area (Å²) in [5.74, 6) is 0.457. The van der Waals surface area contributed by atoms with Crippen molar-refractivity contribution in [1.29, 1.82) is 0 Å². The fraction of sp³-hybridized carbons (Fsp3) is 0.476. The molecule has 160 valence electrons. The first-order valence-electron chi connectivity index (χ1n) is 10.00. The lowest BCUT2D eigenvalue weighted by Gasteiger charge is -2.23. The number of nitrogens with two attached hydrogens (primary N) is 1. The van der Waals surface area contributed by atoms with Crippen LogP contribution in [0.15, 0.2) is 35.1 Å². The maximum Gasteiger partial charge on any atom is 0.416 e. The summed E-state index contributed by atoms with van der Waals surface area (Å²) in [4.78, 5) is 25.0. The van der Waals surface area contributed by atoms with Crippen molar-refractivity contribution in [3.8, 4) is 0 Å². The number of hydrogen-bond acceptors (Lipinski definition) is 4. The molecule has 4 atom stereocenters. The highest BCUT2D eigenvalue weighted by Crippen LogP contribution is 2.49. The Bertz CT molecular complexity index is 1030. The number of halogens is 3. The zero-order valence-corrected chi connectivity index (χ0v) is 16.4. The number of benzene rings is 1. The third-order valence-electron chi connectivity index (χ3n) is 6.23. The molecule has 1 heterocycles. The van der Waals surface area contributed by atoms with E-state index in [0.717, 1.165) is 31.4 Å². The number of nitrogens with one attached hydrogen (secondary N) is 1. The Balaban J connectivity index is 1.54. The van der Waals surface area contributed by atoms with Gasteiger partial charge in [0.1, 0.15) is 5.69 Å². The van der Waals surface area contributed by atoms with Crippen LogP contribution in [0.3, 0.4) is 0 Å². The van der Waals surface area contributed by atoms with Gasteiger partial charge in [0.15, 0.2) is 0 Å². The highest BCUT2D eigenvalue weighted by molar-refractivity contribution is 5.92. The summed E-state index contributed by atoms with van der Waals surface area (Å²) in [5.41, 5.74) is 4.74. The first kappa shape index (κ1) is 20.4. The molecule has 30 heavy (non-hydrogen) atoms. The molecule has 0 radical (unpaired) electrons. The molecule has 2 bridgehead atoms. The van der Waals surface area contributed by atoms with E-state index in [1.807, 2.05) is 0 Å². The van der Waals surface area contributed by atoms with Gasteiger partial charge in [-0.25, -0.2) is 4.68 Å². The number of anilines is 1. The summed E-state index contributed by atoms with van der Waals surface area (Å²) < 4.78 is 40.6. The van der Waals surface area contributed by atoms with Crippen molar-refractivity contribution in [3.05, 3.63) is 57.5 Å². The van der Waals surface area contributed by atoms with E-state index in [9.17, 15) is 22.8 Å². The second kappa shape index (κ2) is 7.45. The van der Waals surface area contributed by atoms with E-state index in [1.54, 1.807) is 6.92 Å². The number of fused-ring (bicyclic) bond motifs is 2. The van der Waals surface area contributed by atoms with Gasteiger partial charge in [0, 0.05) is 11.8 Å². The summed E-state index contributed by atoms with van der Waals surface area (Å²) in [6.45, 7) is 1.57. The van der Waals surface area contributed by atoms with Crippen molar-refractivity contribution in [2.24, 2.45) is 11.8 Å². The number of amides is 1. The summed E-state index contributed by atoms with van der Waals surface area (Å²) in [6.07, 6.45) is -0.320. The number of carbonyl (C=O) groups excluding carboxylic acids is 1. The lowest BCUT2D eigenvalue weighted by atomic mass is 9.95. The summed E-state index contributed by atoms with van der Waals surface area (Å²) in [7, 11) is 0. The Morgan fingerprint density at radius 1 is 1.23 bits per heavy atom. The molecule has 2 saturated carbocycles. The van der Waals surface area contributed by atoms with E-state index in [0.29, 0.717) is 11.8 Å². The van der Waals surface area contributed by atoms with Crippen LogP contribution in [0.1, 0.15) is 66.3 Å². The summed E-state index contributed by atoms with van der Waals surface area (Å²) in [6, 6.07) is 5.14. The lowest BCUT2D eigenvalue weighted by Crippen LogP contribution is -2.34. The maximum absolute atomic E-state index is 13.0. The number of carbonyl (C=O) groups is 1. The van der Waals surface area contributed by atoms with E-state index < -0.39 is 23.7 Å². The molecule has 4 rings (SSSR count). The van der Waals surface area contributed by atoms with E-state index in [1.165, 1.54) is 29.3 Å². The van der Waals surface area contributed by atoms with Gasteiger partial charge >= 0.3 is 6.18 Å². The molecule has 2 aromatic rings.